The number of carbonyl (C=O) groups is 1. The van der Waals surface area contributed by atoms with E-state index < -0.39 is 0 Å². The first-order valence-electron chi connectivity index (χ1n) is 8.93. The van der Waals surface area contributed by atoms with E-state index in [1.807, 2.05) is 61.5 Å². The molecule has 0 aliphatic carbocycles. The van der Waals surface area contributed by atoms with E-state index in [1.165, 1.54) is 17.3 Å². The molecule has 2 aromatic carbocycles. The van der Waals surface area contributed by atoms with Gasteiger partial charge in [-0.05, 0) is 30.5 Å². The van der Waals surface area contributed by atoms with Crippen LogP contribution in [-0.2, 0) is 10.5 Å². The molecule has 0 fully saturated rings. The van der Waals surface area contributed by atoms with Crippen molar-refractivity contribution in [2.24, 2.45) is 0 Å². The average Bonchev–Trinajstić information content (AvgIpc) is 3.16. The first kappa shape index (κ1) is 19.2. The van der Waals surface area contributed by atoms with Crippen LogP contribution in [0.3, 0.4) is 0 Å². The Balaban J connectivity index is 1.52. The predicted molar refractivity (Wildman–Crippen MR) is 110 cm³/mol. The zero-order valence-corrected chi connectivity index (χ0v) is 16.5. The largest absolute Gasteiger partial charge is 0.338 e. The van der Waals surface area contributed by atoms with Gasteiger partial charge in [-0.2, -0.15) is 4.98 Å². The summed E-state index contributed by atoms with van der Waals surface area (Å²) in [5, 5.41) is 6.71. The van der Waals surface area contributed by atoms with Crippen molar-refractivity contribution in [3.63, 3.8) is 0 Å². The molecule has 5 nitrogen and oxygen atoms in total. The number of nitrogens with one attached hydrogen (secondary N) is 1. The maximum absolute atomic E-state index is 12.4. The smallest absolute Gasteiger partial charge is 0.237 e. The second-order valence-corrected chi connectivity index (χ2v) is 7.93. The molecule has 1 heterocycles. The number of hydrogen-bond donors (Lipinski definition) is 1. The number of anilines is 1. The van der Waals surface area contributed by atoms with E-state index in [2.05, 4.69) is 29.3 Å². The van der Waals surface area contributed by atoms with E-state index in [1.54, 1.807) is 0 Å². The molecule has 27 heavy (non-hydrogen) atoms. The van der Waals surface area contributed by atoms with Gasteiger partial charge in [0.05, 0.1) is 11.0 Å². The summed E-state index contributed by atoms with van der Waals surface area (Å²) in [4.78, 5) is 16.8. The minimum Gasteiger partial charge on any atom is -0.338 e. The maximum atomic E-state index is 12.4. The lowest BCUT2D eigenvalue weighted by Crippen LogP contribution is -2.22. The van der Waals surface area contributed by atoms with Crippen LogP contribution in [0.2, 0.25) is 0 Å². The van der Waals surface area contributed by atoms with Crippen molar-refractivity contribution in [2.45, 2.75) is 37.7 Å². The molecule has 0 aliphatic rings. The van der Waals surface area contributed by atoms with Crippen molar-refractivity contribution >= 4 is 23.4 Å². The molecule has 1 atom stereocenters. The summed E-state index contributed by atoms with van der Waals surface area (Å²) < 4.78 is 5.29. The number of thioether (sulfide) groups is 1. The SMILES string of the molecule is CC(SCc1nc(-c2ccccc2)no1)C(=O)Nc1ccc(C(C)C)cc1. The summed E-state index contributed by atoms with van der Waals surface area (Å²) in [6.07, 6.45) is 0. The Morgan fingerprint density at radius 3 is 2.44 bits per heavy atom. The molecular formula is C21H23N3O2S. The summed E-state index contributed by atoms with van der Waals surface area (Å²) >= 11 is 1.47. The zero-order valence-electron chi connectivity index (χ0n) is 15.7. The van der Waals surface area contributed by atoms with Crippen LogP contribution < -0.4 is 5.32 Å². The number of benzene rings is 2. The van der Waals surface area contributed by atoms with Crippen molar-refractivity contribution in [2.75, 3.05) is 5.32 Å². The molecule has 0 saturated carbocycles. The molecule has 140 valence electrons. The third-order valence-electron chi connectivity index (χ3n) is 4.17. The van der Waals surface area contributed by atoms with Gasteiger partial charge in [0, 0.05) is 11.3 Å². The number of hydrogen-bond acceptors (Lipinski definition) is 5. The summed E-state index contributed by atoms with van der Waals surface area (Å²) in [5.41, 5.74) is 2.97. The van der Waals surface area contributed by atoms with Gasteiger partial charge in [0.1, 0.15) is 0 Å². The number of aromatic nitrogens is 2. The van der Waals surface area contributed by atoms with Crippen LogP contribution in [0.5, 0.6) is 0 Å². The molecule has 0 radical (unpaired) electrons. The molecule has 1 unspecified atom stereocenters. The Morgan fingerprint density at radius 1 is 1.07 bits per heavy atom. The summed E-state index contributed by atoms with van der Waals surface area (Å²) in [5.74, 6) is 1.99. The molecule has 6 heteroatoms. The fourth-order valence-corrected chi connectivity index (χ4v) is 3.21. The van der Waals surface area contributed by atoms with Crippen LogP contribution in [0, 0.1) is 0 Å². The Labute approximate surface area is 163 Å². The van der Waals surface area contributed by atoms with Crippen molar-refractivity contribution in [1.29, 1.82) is 0 Å². The van der Waals surface area contributed by atoms with Gasteiger partial charge < -0.3 is 9.84 Å². The molecule has 1 amide bonds. The molecule has 1 aromatic heterocycles. The van der Waals surface area contributed by atoms with Crippen LogP contribution in [0.4, 0.5) is 5.69 Å². The van der Waals surface area contributed by atoms with Crippen molar-refractivity contribution in [3.05, 3.63) is 66.1 Å². The van der Waals surface area contributed by atoms with Gasteiger partial charge >= 0.3 is 0 Å². The number of nitrogens with zero attached hydrogens (tertiary/aromatic N) is 2. The quantitative estimate of drug-likeness (QED) is 0.615. The number of amides is 1. The second kappa shape index (κ2) is 8.86. The van der Waals surface area contributed by atoms with Gasteiger partial charge in [-0.3, -0.25) is 4.79 Å². The monoisotopic (exact) mass is 381 g/mol. The lowest BCUT2D eigenvalue weighted by Gasteiger charge is -2.12. The van der Waals surface area contributed by atoms with E-state index in [4.69, 9.17) is 4.52 Å². The molecular weight excluding hydrogens is 358 g/mol. The summed E-state index contributed by atoms with van der Waals surface area (Å²) in [7, 11) is 0. The Morgan fingerprint density at radius 2 is 1.78 bits per heavy atom. The van der Waals surface area contributed by atoms with Crippen LogP contribution in [-0.4, -0.2) is 21.3 Å². The number of rotatable bonds is 7. The highest BCUT2D eigenvalue weighted by Gasteiger charge is 2.16. The second-order valence-electron chi connectivity index (χ2n) is 6.60. The van der Waals surface area contributed by atoms with Gasteiger partial charge in [-0.15, -0.1) is 11.8 Å². The first-order chi connectivity index (χ1) is 13.0. The molecule has 0 spiro atoms. The van der Waals surface area contributed by atoms with Crippen molar-refractivity contribution in [3.8, 4) is 11.4 Å². The Hall–Kier alpha value is -2.60. The highest BCUT2D eigenvalue weighted by Crippen LogP contribution is 2.22. The summed E-state index contributed by atoms with van der Waals surface area (Å²) in [6, 6.07) is 17.6. The van der Waals surface area contributed by atoms with Gasteiger partial charge in [0.2, 0.25) is 17.6 Å². The topological polar surface area (TPSA) is 68.0 Å². The van der Waals surface area contributed by atoms with Gasteiger partial charge in [0.25, 0.3) is 0 Å². The van der Waals surface area contributed by atoms with E-state index >= 15 is 0 Å². The summed E-state index contributed by atoms with van der Waals surface area (Å²) in [6.45, 7) is 6.16. The van der Waals surface area contributed by atoms with Crippen molar-refractivity contribution < 1.29 is 9.32 Å². The average molecular weight is 382 g/mol. The third kappa shape index (κ3) is 5.20. The molecule has 0 saturated heterocycles. The van der Waals surface area contributed by atoms with Crippen LogP contribution in [0.1, 0.15) is 38.1 Å². The van der Waals surface area contributed by atoms with E-state index in [-0.39, 0.29) is 11.2 Å². The predicted octanol–water partition coefficient (Wildman–Crippen LogP) is 5.12. The van der Waals surface area contributed by atoms with Gasteiger partial charge in [0.15, 0.2) is 0 Å². The molecule has 0 bridgehead atoms. The van der Waals surface area contributed by atoms with Gasteiger partial charge in [-0.1, -0.05) is 61.5 Å². The highest BCUT2D eigenvalue weighted by molar-refractivity contribution is 7.99. The van der Waals surface area contributed by atoms with E-state index in [0.29, 0.717) is 23.4 Å². The maximum Gasteiger partial charge on any atom is 0.237 e. The van der Waals surface area contributed by atoms with Crippen LogP contribution in [0.15, 0.2) is 59.1 Å². The Kier molecular flexibility index (Phi) is 6.29. The lowest BCUT2D eigenvalue weighted by atomic mass is 10.0. The fraction of sp³-hybridized carbons (Fsp3) is 0.286. The van der Waals surface area contributed by atoms with Crippen LogP contribution in [0.25, 0.3) is 11.4 Å². The molecule has 3 rings (SSSR count). The number of carbonyl (C=O) groups excluding carboxylic acids is 1. The molecule has 1 N–H and O–H groups in total. The first-order valence-corrected chi connectivity index (χ1v) is 9.98. The molecule has 3 aromatic rings. The normalized spacial score (nSPS) is 12.1. The van der Waals surface area contributed by atoms with E-state index in [0.717, 1.165) is 11.3 Å². The highest BCUT2D eigenvalue weighted by atomic mass is 32.2. The third-order valence-corrected chi connectivity index (χ3v) is 5.30. The molecule has 0 aliphatic heterocycles. The minimum absolute atomic E-state index is 0.0416. The standard InChI is InChI=1S/C21H23N3O2S/c1-14(2)16-9-11-18(12-10-16)22-21(25)15(3)27-13-19-23-20(24-26-19)17-7-5-4-6-8-17/h4-12,14-15H,13H2,1-3H3,(H,22,25). The lowest BCUT2D eigenvalue weighted by molar-refractivity contribution is -0.115. The Bertz CT molecular complexity index is 876. The van der Waals surface area contributed by atoms with E-state index in [9.17, 15) is 4.79 Å². The van der Waals surface area contributed by atoms with Gasteiger partial charge in [-0.25, -0.2) is 0 Å². The van der Waals surface area contributed by atoms with Crippen molar-refractivity contribution in [1.82, 2.24) is 10.1 Å². The fourth-order valence-electron chi connectivity index (χ4n) is 2.49. The van der Waals surface area contributed by atoms with Crippen LogP contribution >= 0.6 is 11.8 Å². The zero-order chi connectivity index (χ0) is 19.2. The minimum atomic E-state index is -0.234.